The molecule has 0 amide bonds. The van der Waals surface area contributed by atoms with E-state index >= 15 is 0 Å². The fourth-order valence-corrected chi connectivity index (χ4v) is 6.80. The molecule has 9 nitrogen and oxygen atoms in total. The van der Waals surface area contributed by atoms with Gasteiger partial charge in [0.15, 0.2) is 0 Å². The van der Waals surface area contributed by atoms with Crippen LogP contribution in [-0.4, -0.2) is 64.6 Å². The summed E-state index contributed by atoms with van der Waals surface area (Å²) in [6.45, 7) is 7.27. The molecule has 1 fully saturated rings. The van der Waals surface area contributed by atoms with Gasteiger partial charge in [-0.2, -0.15) is 5.26 Å². The molecule has 1 aliphatic carbocycles. The van der Waals surface area contributed by atoms with Crippen molar-refractivity contribution in [3.63, 3.8) is 0 Å². The first-order valence-electron chi connectivity index (χ1n) is 16.9. The lowest BCUT2D eigenvalue weighted by Gasteiger charge is -2.35. The number of benzene rings is 3. The quantitative estimate of drug-likeness (QED) is 0.113. The molecule has 0 unspecified atom stereocenters. The molecule has 2 heterocycles. The van der Waals surface area contributed by atoms with Gasteiger partial charge < -0.3 is 29.7 Å². The summed E-state index contributed by atoms with van der Waals surface area (Å²) in [4.78, 5) is 6.35. The maximum atomic E-state index is 9.78. The summed E-state index contributed by atoms with van der Waals surface area (Å²) < 4.78 is 19.0. The van der Waals surface area contributed by atoms with Gasteiger partial charge in [0.2, 0.25) is 0 Å². The highest BCUT2D eigenvalue weighted by Gasteiger charge is 2.29. The van der Waals surface area contributed by atoms with E-state index in [1.807, 2.05) is 50.2 Å². The SMILES string of the molecule is CC(C)(CO)NCc1cc(Cl)c(O[C@H]2CCc3c(-c4cccc(OCCCN5CC(O)C5)c4Cl)cccc32)cc1OCc1cncc(C#N)c1. The third kappa shape index (κ3) is 8.52. The second-order valence-corrected chi connectivity index (χ2v) is 14.3. The predicted octanol–water partition coefficient (Wildman–Crippen LogP) is 6.88. The van der Waals surface area contributed by atoms with Gasteiger partial charge in [-0.1, -0.05) is 53.5 Å². The molecule has 262 valence electrons. The number of pyridine rings is 1. The van der Waals surface area contributed by atoms with E-state index in [1.54, 1.807) is 12.3 Å². The van der Waals surface area contributed by atoms with Gasteiger partial charge in [-0.15, -0.1) is 0 Å². The highest BCUT2D eigenvalue weighted by Crippen LogP contribution is 2.45. The number of nitriles is 1. The largest absolute Gasteiger partial charge is 0.492 e. The second-order valence-electron chi connectivity index (χ2n) is 13.5. The molecule has 50 heavy (non-hydrogen) atoms. The molecule has 4 aromatic rings. The van der Waals surface area contributed by atoms with Crippen LogP contribution in [0.5, 0.6) is 17.2 Å². The zero-order chi connectivity index (χ0) is 35.3. The van der Waals surface area contributed by atoms with Crippen LogP contribution in [0.4, 0.5) is 0 Å². The first-order valence-corrected chi connectivity index (χ1v) is 17.7. The lowest BCUT2D eigenvalue weighted by atomic mass is 9.96. The summed E-state index contributed by atoms with van der Waals surface area (Å²) in [7, 11) is 0. The summed E-state index contributed by atoms with van der Waals surface area (Å²) >= 11 is 13.8. The minimum Gasteiger partial charge on any atom is -0.492 e. The van der Waals surface area contributed by atoms with Gasteiger partial charge in [0.25, 0.3) is 0 Å². The van der Waals surface area contributed by atoms with E-state index in [2.05, 4.69) is 33.4 Å². The van der Waals surface area contributed by atoms with Crippen LogP contribution in [0.1, 0.15) is 60.6 Å². The van der Waals surface area contributed by atoms with Crippen molar-refractivity contribution in [2.75, 3.05) is 32.8 Å². The van der Waals surface area contributed by atoms with E-state index < -0.39 is 5.54 Å². The summed E-state index contributed by atoms with van der Waals surface area (Å²) in [5, 5.41) is 33.0. The van der Waals surface area contributed by atoms with Crippen LogP contribution in [0, 0.1) is 11.3 Å². The Balaban J connectivity index is 1.20. The van der Waals surface area contributed by atoms with Crippen LogP contribution in [0.2, 0.25) is 10.0 Å². The van der Waals surface area contributed by atoms with Crippen molar-refractivity contribution in [2.24, 2.45) is 0 Å². The molecule has 1 saturated heterocycles. The third-order valence-electron chi connectivity index (χ3n) is 9.14. The van der Waals surface area contributed by atoms with Crippen LogP contribution in [0.25, 0.3) is 11.1 Å². The number of hydrogen-bond acceptors (Lipinski definition) is 9. The van der Waals surface area contributed by atoms with Gasteiger partial charge in [-0.25, -0.2) is 0 Å². The maximum Gasteiger partial charge on any atom is 0.142 e. The number of β-amino-alcohol motifs (C(OH)–C–C–N with tert-alkyl or cyclic N) is 1. The lowest BCUT2D eigenvalue weighted by Crippen LogP contribution is -2.50. The smallest absolute Gasteiger partial charge is 0.142 e. The number of ether oxygens (including phenoxy) is 3. The summed E-state index contributed by atoms with van der Waals surface area (Å²) in [5.41, 5.74) is 5.73. The Morgan fingerprint density at radius 3 is 2.60 bits per heavy atom. The first-order chi connectivity index (χ1) is 24.1. The fraction of sp³-hybridized carbons (Fsp3) is 0.385. The molecule has 1 aromatic heterocycles. The number of halogens is 2. The second kappa shape index (κ2) is 16.0. The standard InChI is InChI=1S/C39H42Cl2N4O5/c1-39(2,24-46)44-20-27-15-33(40)37(16-36(27)49-23-26-14-25(17-42)18-43-19-26)50-34-11-10-30-29(6-3-7-31(30)34)32-8-4-9-35(38(32)41)48-13-5-12-45-21-28(47)22-45/h3-4,6-9,14-16,18-19,28,34,44,46-47H,5,10-13,20-24H2,1-2H3/t34-/m0/s1. The molecule has 1 aliphatic heterocycles. The highest BCUT2D eigenvalue weighted by molar-refractivity contribution is 6.35. The number of aliphatic hydroxyl groups excluding tert-OH is 2. The Labute approximate surface area is 303 Å². The maximum absolute atomic E-state index is 9.78. The van der Waals surface area contributed by atoms with Crippen LogP contribution < -0.4 is 19.5 Å². The molecule has 0 spiro atoms. The molecule has 0 radical (unpaired) electrons. The molecular weight excluding hydrogens is 675 g/mol. The van der Waals surface area contributed by atoms with Gasteiger partial charge in [0.05, 0.1) is 34.9 Å². The van der Waals surface area contributed by atoms with Crippen LogP contribution in [0.3, 0.4) is 0 Å². The summed E-state index contributed by atoms with van der Waals surface area (Å²) in [6, 6.07) is 19.6. The van der Waals surface area contributed by atoms with Crippen molar-refractivity contribution in [1.29, 1.82) is 5.26 Å². The number of fused-ring (bicyclic) bond motifs is 1. The van der Waals surface area contributed by atoms with E-state index in [0.717, 1.165) is 66.7 Å². The average molecular weight is 718 g/mol. The molecule has 6 rings (SSSR count). The predicted molar refractivity (Wildman–Crippen MR) is 194 cm³/mol. The van der Waals surface area contributed by atoms with E-state index in [9.17, 15) is 15.5 Å². The minimum atomic E-state index is -0.511. The number of aliphatic hydroxyl groups is 2. The van der Waals surface area contributed by atoms with E-state index in [1.165, 1.54) is 11.8 Å². The Kier molecular flexibility index (Phi) is 11.5. The third-order valence-corrected chi connectivity index (χ3v) is 9.82. The minimum absolute atomic E-state index is 0.0400. The molecule has 3 N–H and O–H groups in total. The fourth-order valence-electron chi connectivity index (χ4n) is 6.29. The Morgan fingerprint density at radius 1 is 1.02 bits per heavy atom. The molecule has 11 heteroatoms. The van der Waals surface area contributed by atoms with Gasteiger partial charge >= 0.3 is 0 Å². The van der Waals surface area contributed by atoms with Crippen LogP contribution in [0.15, 0.2) is 67.0 Å². The summed E-state index contributed by atoms with van der Waals surface area (Å²) in [5.74, 6) is 1.73. The Bertz CT molecular complexity index is 1860. The van der Waals surface area contributed by atoms with Crippen molar-refractivity contribution in [2.45, 2.75) is 64.0 Å². The number of aromatic nitrogens is 1. The number of rotatable bonds is 15. The van der Waals surface area contributed by atoms with E-state index in [0.29, 0.717) is 46.0 Å². The number of likely N-dealkylation sites (tertiary alicyclic amines) is 1. The topological polar surface area (TPSA) is 120 Å². The first kappa shape index (κ1) is 35.9. The van der Waals surface area contributed by atoms with Crippen molar-refractivity contribution in [1.82, 2.24) is 15.2 Å². The van der Waals surface area contributed by atoms with E-state index in [-0.39, 0.29) is 25.4 Å². The van der Waals surface area contributed by atoms with Crippen LogP contribution in [-0.2, 0) is 19.6 Å². The van der Waals surface area contributed by atoms with E-state index in [4.69, 9.17) is 37.4 Å². The molecule has 0 bridgehead atoms. The van der Waals surface area contributed by atoms with Gasteiger partial charge in [-0.3, -0.25) is 9.88 Å². The van der Waals surface area contributed by atoms with Gasteiger partial charge in [-0.05, 0) is 68.0 Å². The monoisotopic (exact) mass is 716 g/mol. The Morgan fingerprint density at radius 2 is 1.82 bits per heavy atom. The van der Waals surface area contributed by atoms with Crippen LogP contribution >= 0.6 is 23.2 Å². The Hall–Kier alpha value is -3.88. The van der Waals surface area contributed by atoms with Crippen molar-refractivity contribution in [3.8, 4) is 34.4 Å². The zero-order valence-electron chi connectivity index (χ0n) is 28.3. The lowest BCUT2D eigenvalue weighted by molar-refractivity contribution is 0.0000499. The summed E-state index contributed by atoms with van der Waals surface area (Å²) in [6.07, 6.45) is 5.17. The van der Waals surface area contributed by atoms with Gasteiger partial charge in [0.1, 0.15) is 36.0 Å². The molecule has 2 aliphatic rings. The molecule has 3 aromatic carbocycles. The van der Waals surface area contributed by atoms with Gasteiger partial charge in [0, 0.05) is 66.9 Å². The number of nitrogens with zero attached hydrogens (tertiary/aromatic N) is 3. The zero-order valence-corrected chi connectivity index (χ0v) is 29.8. The van der Waals surface area contributed by atoms with Crippen molar-refractivity contribution < 1.29 is 24.4 Å². The average Bonchev–Trinajstić information content (AvgIpc) is 3.52. The van der Waals surface area contributed by atoms with Crippen molar-refractivity contribution in [3.05, 3.63) is 105 Å². The molecular formula is C39H42Cl2N4O5. The molecule has 1 atom stereocenters. The highest BCUT2D eigenvalue weighted by atomic mass is 35.5. The number of nitrogens with one attached hydrogen (secondary N) is 1. The molecule has 0 saturated carbocycles. The number of hydrogen-bond donors (Lipinski definition) is 3. The normalized spacial score (nSPS) is 16.1. The van der Waals surface area contributed by atoms with Crippen molar-refractivity contribution >= 4 is 23.2 Å².